The van der Waals surface area contributed by atoms with E-state index >= 15 is 0 Å². The number of hydrogen-bond donors (Lipinski definition) is 0. The third-order valence-corrected chi connectivity index (χ3v) is 7.27. The Labute approximate surface area is 212 Å². The smallest absolute Gasteiger partial charge is 0.278 e. The van der Waals surface area contributed by atoms with E-state index in [2.05, 4.69) is 0 Å². The summed E-state index contributed by atoms with van der Waals surface area (Å²) >= 11 is 5.94. The second-order valence-electron chi connectivity index (χ2n) is 9.08. The summed E-state index contributed by atoms with van der Waals surface area (Å²) in [5.74, 6) is 0.370. The van der Waals surface area contributed by atoms with Crippen molar-refractivity contribution in [2.75, 3.05) is 17.5 Å². The first-order valence-corrected chi connectivity index (χ1v) is 13.1. The van der Waals surface area contributed by atoms with Gasteiger partial charge in [-0.2, -0.15) is 4.31 Å². The van der Waals surface area contributed by atoms with Gasteiger partial charge in [-0.05, 0) is 79.4 Å². The Hall–Kier alpha value is -3.03. The van der Waals surface area contributed by atoms with Crippen molar-refractivity contribution in [1.82, 2.24) is 0 Å². The van der Waals surface area contributed by atoms with E-state index in [1.54, 1.807) is 18.2 Å². The highest BCUT2D eigenvalue weighted by Crippen LogP contribution is 2.33. The zero-order chi connectivity index (χ0) is 25.8. The molecule has 0 aromatic heterocycles. The Morgan fingerprint density at radius 3 is 2.14 bits per heavy atom. The molecule has 0 saturated heterocycles. The molecule has 1 amide bonds. The highest BCUT2D eigenvalue weighted by Gasteiger charge is 2.32. The Balaban J connectivity index is 1.98. The molecule has 0 fully saturated rings. The van der Waals surface area contributed by atoms with Crippen LogP contribution in [-0.2, 0) is 20.2 Å². The number of rotatable bonds is 8. The predicted molar refractivity (Wildman–Crippen MR) is 139 cm³/mol. The third-order valence-electron chi connectivity index (χ3n) is 5.25. The number of amides is 1. The first-order chi connectivity index (χ1) is 16.4. The zero-order valence-electron chi connectivity index (χ0n) is 20.5. The molecule has 0 atom stereocenters. The van der Waals surface area contributed by atoms with Crippen LogP contribution in [0.25, 0.3) is 0 Å². The maximum Gasteiger partial charge on any atom is 0.278 e. The van der Waals surface area contributed by atoms with Crippen LogP contribution in [0.1, 0.15) is 38.8 Å². The van der Waals surface area contributed by atoms with E-state index < -0.39 is 22.5 Å². The first kappa shape index (κ1) is 26.6. The topological polar surface area (TPSA) is 72.9 Å². The molecule has 0 aliphatic carbocycles. The lowest BCUT2D eigenvalue weighted by Crippen LogP contribution is -2.40. The molecule has 3 aromatic rings. The quantitative estimate of drug-likeness (QED) is 0.360. The average molecular weight is 516 g/mol. The second kappa shape index (κ2) is 10.7. The minimum atomic E-state index is -4.24. The number of ether oxygens (including phenoxy) is 2. The normalized spacial score (nSPS) is 11.7. The number of sulfonamides is 1. The van der Waals surface area contributed by atoms with E-state index in [1.165, 1.54) is 36.4 Å². The van der Waals surface area contributed by atoms with E-state index in [1.807, 2.05) is 46.8 Å². The van der Waals surface area contributed by atoms with Gasteiger partial charge in [-0.1, -0.05) is 50.1 Å². The van der Waals surface area contributed by atoms with Crippen molar-refractivity contribution in [3.05, 3.63) is 82.9 Å². The number of hydrogen-bond acceptors (Lipinski definition) is 5. The lowest BCUT2D eigenvalue weighted by molar-refractivity contribution is -0.119. The zero-order valence-corrected chi connectivity index (χ0v) is 22.1. The molecular weight excluding hydrogens is 486 g/mol. The minimum absolute atomic E-state index is 0.0603. The van der Waals surface area contributed by atoms with E-state index in [9.17, 15) is 13.2 Å². The first-order valence-electron chi connectivity index (χ1n) is 11.2. The summed E-state index contributed by atoms with van der Waals surface area (Å²) in [6.45, 7) is 9.98. The van der Waals surface area contributed by atoms with Crippen molar-refractivity contribution >= 4 is 33.2 Å². The number of nitrogens with zero attached hydrogens (tertiary/aromatic N) is 1. The largest absolute Gasteiger partial charge is 0.494 e. The number of aryl methyl sites for hydroxylation is 1. The molecule has 0 bridgehead atoms. The van der Waals surface area contributed by atoms with E-state index in [0.29, 0.717) is 23.1 Å². The fourth-order valence-corrected chi connectivity index (χ4v) is 5.06. The summed E-state index contributed by atoms with van der Waals surface area (Å²) in [5, 5.41) is 0.389. The number of anilines is 1. The lowest BCUT2D eigenvalue weighted by atomic mass is 9.85. The van der Waals surface area contributed by atoms with Crippen molar-refractivity contribution in [1.29, 1.82) is 0 Å². The van der Waals surface area contributed by atoms with Crippen molar-refractivity contribution in [3.63, 3.8) is 0 Å². The molecular formula is C27H30ClNO5S. The van der Waals surface area contributed by atoms with E-state index in [4.69, 9.17) is 21.1 Å². The van der Waals surface area contributed by atoms with Crippen LogP contribution in [0, 0.1) is 6.92 Å². The molecule has 0 radical (unpaired) electrons. The highest BCUT2D eigenvalue weighted by molar-refractivity contribution is 7.93. The van der Waals surface area contributed by atoms with Gasteiger partial charge in [-0.15, -0.1) is 0 Å². The van der Waals surface area contributed by atoms with Gasteiger partial charge >= 0.3 is 0 Å². The predicted octanol–water partition coefficient (Wildman–Crippen LogP) is 6.15. The van der Waals surface area contributed by atoms with Gasteiger partial charge in [0, 0.05) is 5.02 Å². The molecule has 8 heteroatoms. The van der Waals surface area contributed by atoms with Gasteiger partial charge in [-0.3, -0.25) is 4.79 Å². The summed E-state index contributed by atoms with van der Waals surface area (Å²) in [6.07, 6.45) is 0. The van der Waals surface area contributed by atoms with Gasteiger partial charge in [0.25, 0.3) is 15.9 Å². The highest BCUT2D eigenvalue weighted by atomic mass is 35.5. The molecule has 3 aromatic carbocycles. The van der Waals surface area contributed by atoms with Crippen LogP contribution >= 0.6 is 11.6 Å². The van der Waals surface area contributed by atoms with Crippen LogP contribution in [0.3, 0.4) is 0 Å². The van der Waals surface area contributed by atoms with Crippen LogP contribution in [0.2, 0.25) is 5.02 Å². The third kappa shape index (κ3) is 6.35. The Bertz CT molecular complexity index is 1280. The minimum Gasteiger partial charge on any atom is -0.494 e. The van der Waals surface area contributed by atoms with Gasteiger partial charge in [-0.25, -0.2) is 8.42 Å². The molecule has 186 valence electrons. The van der Waals surface area contributed by atoms with Gasteiger partial charge in [0.05, 0.1) is 17.2 Å². The van der Waals surface area contributed by atoms with Crippen molar-refractivity contribution < 1.29 is 22.7 Å². The molecule has 0 heterocycles. The summed E-state index contributed by atoms with van der Waals surface area (Å²) in [4.78, 5) is 13.3. The SMILES string of the molecule is CCOc1ccc(N(C(=O)COc2ccc(C)cc2C(C)(C)C)S(=O)(=O)c2ccc(Cl)cc2)cc1. The van der Waals surface area contributed by atoms with Gasteiger partial charge < -0.3 is 9.47 Å². The van der Waals surface area contributed by atoms with Crippen molar-refractivity contribution in [2.45, 2.75) is 44.9 Å². The number of carbonyl (C=O) groups excluding carboxylic acids is 1. The summed E-state index contributed by atoms with van der Waals surface area (Å²) in [5.41, 5.74) is 1.94. The van der Waals surface area contributed by atoms with Crippen LogP contribution < -0.4 is 13.8 Å². The fraction of sp³-hybridized carbons (Fsp3) is 0.296. The summed E-state index contributed by atoms with van der Waals surface area (Å²) < 4.78 is 39.2. The fourth-order valence-electron chi connectivity index (χ4n) is 3.53. The summed E-state index contributed by atoms with van der Waals surface area (Å²) in [6, 6.07) is 17.7. The summed E-state index contributed by atoms with van der Waals surface area (Å²) in [7, 11) is -4.24. The molecule has 0 aliphatic rings. The maximum absolute atomic E-state index is 13.6. The van der Waals surface area contributed by atoms with Crippen LogP contribution in [0.4, 0.5) is 5.69 Å². The molecule has 35 heavy (non-hydrogen) atoms. The van der Waals surface area contributed by atoms with Gasteiger partial charge in [0.15, 0.2) is 6.61 Å². The average Bonchev–Trinajstić information content (AvgIpc) is 2.79. The molecule has 3 rings (SSSR count). The molecule has 0 N–H and O–H groups in total. The number of halogens is 1. The molecule has 6 nitrogen and oxygen atoms in total. The van der Waals surface area contributed by atoms with Crippen molar-refractivity contribution in [3.8, 4) is 11.5 Å². The lowest BCUT2D eigenvalue weighted by Gasteiger charge is -2.25. The Kier molecular flexibility index (Phi) is 8.13. The van der Waals surface area contributed by atoms with Gasteiger partial charge in [0.2, 0.25) is 0 Å². The standard InChI is InChI=1S/C27H30ClNO5S/c1-6-33-22-12-10-21(11-13-22)29(35(31,32)23-14-8-20(28)9-15-23)26(30)18-34-25-16-7-19(2)17-24(25)27(3,4)5/h7-17H,6,18H2,1-5H3. The number of carbonyl (C=O) groups is 1. The Morgan fingerprint density at radius 1 is 0.943 bits per heavy atom. The molecule has 0 unspecified atom stereocenters. The van der Waals surface area contributed by atoms with Crippen LogP contribution in [0.5, 0.6) is 11.5 Å². The second-order valence-corrected chi connectivity index (χ2v) is 11.3. The van der Waals surface area contributed by atoms with Gasteiger partial charge in [0.1, 0.15) is 11.5 Å². The Morgan fingerprint density at radius 2 is 1.57 bits per heavy atom. The van der Waals surface area contributed by atoms with Crippen molar-refractivity contribution in [2.24, 2.45) is 0 Å². The maximum atomic E-state index is 13.6. The molecule has 0 saturated carbocycles. The van der Waals surface area contributed by atoms with E-state index in [0.717, 1.165) is 15.4 Å². The monoisotopic (exact) mass is 515 g/mol. The number of benzene rings is 3. The van der Waals surface area contributed by atoms with Crippen LogP contribution in [0.15, 0.2) is 71.6 Å². The molecule has 0 spiro atoms. The van der Waals surface area contributed by atoms with E-state index in [-0.39, 0.29) is 16.0 Å². The van der Waals surface area contributed by atoms with Crippen LogP contribution in [-0.4, -0.2) is 27.5 Å². The molecule has 0 aliphatic heterocycles.